The molecule has 2 aromatic heterocycles. The van der Waals surface area contributed by atoms with Gasteiger partial charge in [-0.1, -0.05) is 0 Å². The molecule has 3 aromatic rings. The highest BCUT2D eigenvalue weighted by Gasteiger charge is 2.56. The smallest absolute Gasteiger partial charge is 0.172 e. The summed E-state index contributed by atoms with van der Waals surface area (Å²) in [6.45, 7) is 5.88. The molecule has 168 valence electrons. The van der Waals surface area contributed by atoms with Crippen molar-refractivity contribution in [3.05, 3.63) is 36.2 Å². The number of benzene rings is 1. The predicted molar refractivity (Wildman–Crippen MR) is 117 cm³/mol. The number of fused-ring (bicyclic) bond motifs is 2. The molecule has 0 saturated carbocycles. The number of phenolic OH excluding ortho intramolecular Hbond substituents is 1. The zero-order valence-electron chi connectivity index (χ0n) is 18.6. The molecule has 2 aliphatic rings. The minimum atomic E-state index is -1.00. The fourth-order valence-corrected chi connectivity index (χ4v) is 5.11. The lowest BCUT2D eigenvalue weighted by Gasteiger charge is -2.47. The van der Waals surface area contributed by atoms with Crippen molar-refractivity contribution in [2.45, 2.75) is 63.3 Å². The molecule has 0 aliphatic carbocycles. The largest absolute Gasteiger partial charge is 0.507 e. The molecule has 32 heavy (non-hydrogen) atoms. The van der Waals surface area contributed by atoms with E-state index in [0.29, 0.717) is 35.0 Å². The Morgan fingerprint density at radius 1 is 1.16 bits per heavy atom. The number of piperidine rings is 1. The molecule has 2 saturated heterocycles. The lowest BCUT2D eigenvalue weighted by atomic mass is 9.82. The summed E-state index contributed by atoms with van der Waals surface area (Å²) in [6.07, 6.45) is 1.51. The van der Waals surface area contributed by atoms with E-state index in [0.717, 1.165) is 12.8 Å². The molecular weight excluding hydrogens is 411 g/mol. The maximum atomic E-state index is 15.4. The van der Waals surface area contributed by atoms with Crippen molar-refractivity contribution < 1.29 is 9.50 Å². The summed E-state index contributed by atoms with van der Waals surface area (Å²) < 4.78 is 15.4. The van der Waals surface area contributed by atoms with E-state index in [4.69, 9.17) is 0 Å². The number of aryl methyl sites for hydroxylation is 1. The van der Waals surface area contributed by atoms with Gasteiger partial charge in [-0.3, -0.25) is 0 Å². The van der Waals surface area contributed by atoms with Gasteiger partial charge in [0.25, 0.3) is 0 Å². The van der Waals surface area contributed by atoms with Crippen molar-refractivity contribution in [3.63, 3.8) is 0 Å². The highest BCUT2D eigenvalue weighted by atomic mass is 19.1. The number of nitrogens with one attached hydrogen (secondary N) is 1. The molecular formula is C22H27FN8O. The Hall–Kier alpha value is -3.14. The molecule has 4 atom stereocenters. The zero-order chi connectivity index (χ0) is 22.7. The number of aromatic nitrogens is 6. The van der Waals surface area contributed by atoms with Gasteiger partial charge in [0.15, 0.2) is 11.6 Å². The van der Waals surface area contributed by atoms with Crippen LogP contribution in [0.4, 0.5) is 10.2 Å². The first kappa shape index (κ1) is 20.7. The molecule has 2 aliphatic heterocycles. The third kappa shape index (κ3) is 3.38. The van der Waals surface area contributed by atoms with Gasteiger partial charge in [0.2, 0.25) is 0 Å². The van der Waals surface area contributed by atoms with Crippen molar-refractivity contribution in [2.75, 3.05) is 11.9 Å². The van der Waals surface area contributed by atoms with Gasteiger partial charge >= 0.3 is 0 Å². The van der Waals surface area contributed by atoms with Gasteiger partial charge in [0.05, 0.1) is 17.4 Å². The second-order valence-electron chi connectivity index (χ2n) is 9.49. The van der Waals surface area contributed by atoms with Crippen LogP contribution < -0.4 is 10.2 Å². The molecule has 0 amide bonds. The zero-order valence-corrected chi connectivity index (χ0v) is 18.6. The molecule has 2 fully saturated rings. The number of nitrogens with zero attached hydrogens (tertiary/aromatic N) is 7. The minimum Gasteiger partial charge on any atom is -0.507 e. The first-order valence-electron chi connectivity index (χ1n) is 10.8. The van der Waals surface area contributed by atoms with Gasteiger partial charge in [-0.15, -0.1) is 25.2 Å². The number of phenols is 1. The van der Waals surface area contributed by atoms with Crippen LogP contribution in [0.3, 0.4) is 0 Å². The van der Waals surface area contributed by atoms with Crippen LogP contribution in [0.1, 0.15) is 38.9 Å². The number of halogens is 1. The highest BCUT2D eigenvalue weighted by Crippen LogP contribution is 2.45. The summed E-state index contributed by atoms with van der Waals surface area (Å²) in [4.78, 5) is 3.24. The molecule has 1 aromatic carbocycles. The van der Waals surface area contributed by atoms with Crippen LogP contribution >= 0.6 is 0 Å². The third-order valence-corrected chi connectivity index (χ3v) is 6.90. The molecule has 0 radical (unpaired) electrons. The van der Waals surface area contributed by atoms with Crippen LogP contribution in [0.15, 0.2) is 30.3 Å². The first-order chi connectivity index (χ1) is 15.2. The summed E-state index contributed by atoms with van der Waals surface area (Å²) in [7, 11) is 1.87. The second kappa shape index (κ2) is 7.19. The molecule has 2 bridgehead atoms. The van der Waals surface area contributed by atoms with Crippen molar-refractivity contribution in [1.29, 1.82) is 0 Å². The second-order valence-corrected chi connectivity index (χ2v) is 9.49. The minimum absolute atomic E-state index is 0.0347. The molecule has 5 rings (SSSR count). The maximum Gasteiger partial charge on any atom is 0.172 e. The lowest BCUT2D eigenvalue weighted by molar-refractivity contribution is 0.0859. The molecule has 9 nitrogen and oxygen atoms in total. The quantitative estimate of drug-likeness (QED) is 0.641. The van der Waals surface area contributed by atoms with Gasteiger partial charge in [0, 0.05) is 29.8 Å². The number of alkyl halides is 1. The van der Waals surface area contributed by atoms with E-state index in [-0.39, 0.29) is 17.3 Å². The topological polar surface area (TPSA) is 105 Å². The van der Waals surface area contributed by atoms with Crippen molar-refractivity contribution in [2.24, 2.45) is 0 Å². The van der Waals surface area contributed by atoms with Crippen LogP contribution in [0, 0.1) is 6.92 Å². The van der Waals surface area contributed by atoms with Gasteiger partial charge in [-0.2, -0.15) is 0 Å². The van der Waals surface area contributed by atoms with Crippen LogP contribution in [0.25, 0.3) is 16.9 Å². The average Bonchev–Trinajstić information content (AvgIpc) is 3.32. The summed E-state index contributed by atoms with van der Waals surface area (Å²) in [5.41, 5.74) is 1.08. The summed E-state index contributed by atoms with van der Waals surface area (Å²) >= 11 is 0. The molecule has 0 spiro atoms. The van der Waals surface area contributed by atoms with Crippen molar-refractivity contribution >= 4 is 5.82 Å². The molecule has 10 heteroatoms. The van der Waals surface area contributed by atoms with E-state index < -0.39 is 11.7 Å². The van der Waals surface area contributed by atoms with Gasteiger partial charge in [0.1, 0.15) is 11.9 Å². The van der Waals surface area contributed by atoms with Crippen molar-refractivity contribution in [3.8, 4) is 22.7 Å². The Labute approximate surface area is 185 Å². The molecule has 0 unspecified atom stereocenters. The standard InChI is InChI=1S/C22H27FN8O/c1-13-24-29-31(27-13)14-5-6-15(18(32)11-14)16-7-8-19(26-25-16)30(4)17-12-21(2)9-10-22(3,28-21)20(17)23/h5-8,11,17,20,28,32H,9-10,12H2,1-4H3/t17-,20+,21-,22+/m1/s1. The number of hydrogen-bond donors (Lipinski definition) is 2. The Balaban J connectivity index is 1.37. The van der Waals surface area contributed by atoms with Gasteiger partial charge < -0.3 is 15.3 Å². The van der Waals surface area contributed by atoms with E-state index in [2.05, 4.69) is 37.8 Å². The van der Waals surface area contributed by atoms with Crippen LogP contribution in [-0.2, 0) is 0 Å². The summed E-state index contributed by atoms with van der Waals surface area (Å²) in [5, 5.41) is 34.6. The Bertz CT molecular complexity index is 1150. The van der Waals surface area contributed by atoms with Gasteiger partial charge in [-0.25, -0.2) is 4.39 Å². The number of tetrazole rings is 1. The summed E-state index contributed by atoms with van der Waals surface area (Å²) in [5.74, 6) is 1.18. The van der Waals surface area contributed by atoms with E-state index in [1.807, 2.05) is 24.9 Å². The van der Waals surface area contributed by atoms with E-state index in [1.165, 1.54) is 4.80 Å². The molecule has 2 N–H and O–H groups in total. The fraction of sp³-hybridized carbons (Fsp3) is 0.500. The predicted octanol–water partition coefficient (Wildman–Crippen LogP) is 2.58. The number of aromatic hydroxyl groups is 1. The van der Waals surface area contributed by atoms with Crippen LogP contribution in [-0.4, -0.2) is 65.9 Å². The lowest BCUT2D eigenvalue weighted by Crippen LogP contribution is -2.65. The first-order valence-corrected chi connectivity index (χ1v) is 10.8. The summed E-state index contributed by atoms with van der Waals surface area (Å²) in [6, 6.07) is 8.40. The Kier molecular flexibility index (Phi) is 4.66. The SMILES string of the molecule is Cc1nnn(-c2ccc(-c3ccc(N(C)[C@@H]4C[C@@]5(C)CC[C@](C)(N5)[C@H]4F)nn3)c(O)c2)n1. The Morgan fingerprint density at radius 2 is 1.97 bits per heavy atom. The maximum absolute atomic E-state index is 15.4. The molecule has 4 heterocycles. The average molecular weight is 439 g/mol. The Morgan fingerprint density at radius 3 is 2.62 bits per heavy atom. The normalized spacial score (nSPS) is 29.3. The van der Waals surface area contributed by atoms with E-state index >= 15 is 4.39 Å². The van der Waals surface area contributed by atoms with Crippen LogP contribution in [0.5, 0.6) is 5.75 Å². The van der Waals surface area contributed by atoms with E-state index in [1.54, 1.807) is 31.2 Å². The van der Waals surface area contributed by atoms with Gasteiger partial charge in [-0.05, 0) is 69.5 Å². The monoisotopic (exact) mass is 438 g/mol. The fourth-order valence-electron chi connectivity index (χ4n) is 5.11. The third-order valence-electron chi connectivity index (χ3n) is 6.90. The number of rotatable bonds is 4. The number of hydrogen-bond acceptors (Lipinski definition) is 8. The van der Waals surface area contributed by atoms with E-state index in [9.17, 15) is 5.11 Å². The van der Waals surface area contributed by atoms with Crippen LogP contribution in [0.2, 0.25) is 0 Å². The van der Waals surface area contributed by atoms with Crippen molar-refractivity contribution in [1.82, 2.24) is 35.7 Å². The highest BCUT2D eigenvalue weighted by molar-refractivity contribution is 5.68. The number of anilines is 1.